The highest BCUT2D eigenvalue weighted by molar-refractivity contribution is 5.78. The van der Waals surface area contributed by atoms with Crippen LogP contribution in [-0.2, 0) is 24.1 Å². The van der Waals surface area contributed by atoms with Crippen molar-refractivity contribution in [3.05, 3.63) is 93.2 Å². The number of rotatable bonds is 5. The third kappa shape index (κ3) is 4.81. The van der Waals surface area contributed by atoms with E-state index < -0.39 is 0 Å². The summed E-state index contributed by atoms with van der Waals surface area (Å²) < 4.78 is 6.72. The summed E-state index contributed by atoms with van der Waals surface area (Å²) in [4.78, 5) is 20.2. The Morgan fingerprint density at radius 2 is 1.81 bits per heavy atom. The van der Waals surface area contributed by atoms with Crippen LogP contribution in [0.3, 0.4) is 0 Å². The van der Waals surface area contributed by atoms with Crippen LogP contribution in [0.5, 0.6) is 5.75 Å². The largest absolute Gasteiger partial charge is 0.619 e. The first kappa shape index (κ1) is 24.0. The van der Waals surface area contributed by atoms with Crippen molar-refractivity contribution >= 4 is 5.91 Å². The van der Waals surface area contributed by atoms with E-state index >= 15 is 0 Å². The van der Waals surface area contributed by atoms with Gasteiger partial charge in [0.05, 0.1) is 19.2 Å². The zero-order chi connectivity index (χ0) is 25.5. The van der Waals surface area contributed by atoms with Crippen molar-refractivity contribution in [1.82, 2.24) is 9.88 Å². The van der Waals surface area contributed by atoms with Crippen molar-refractivity contribution < 1.29 is 14.3 Å². The molecule has 1 aliphatic heterocycles. The number of piperidine rings is 1. The highest BCUT2D eigenvalue weighted by Crippen LogP contribution is 2.47. The smallest absolute Gasteiger partial charge is 0.226 e. The molecule has 2 fully saturated rings. The van der Waals surface area contributed by atoms with E-state index in [4.69, 9.17) is 9.72 Å². The standard InChI is InChI=1S/C31H35N3O3/c1-20-15-24-5-6-25-18-26(22-3-4-22)19-32-31(25)30(29(24)27(16-20)37-2)23-9-11-33(12-10-23)28(35)17-21-7-13-34(36)14-8-21/h7-8,13-16,18-19,22-23,30H,3-6,9-12,17H2,1-2H3. The van der Waals surface area contributed by atoms with Gasteiger partial charge in [-0.1, -0.05) is 12.1 Å². The number of fused-ring (bicyclic) bond motifs is 2. The first-order chi connectivity index (χ1) is 18.0. The number of carbonyl (C=O) groups is 1. The van der Waals surface area contributed by atoms with Crippen molar-refractivity contribution in [2.24, 2.45) is 5.92 Å². The molecule has 1 unspecified atom stereocenters. The molecule has 0 bridgehead atoms. The second-order valence-electron chi connectivity index (χ2n) is 11.1. The molecule has 1 amide bonds. The number of nitrogens with zero attached hydrogens (tertiary/aromatic N) is 3. The molecule has 0 radical (unpaired) electrons. The van der Waals surface area contributed by atoms with Gasteiger partial charge in [0.1, 0.15) is 5.75 Å². The number of methoxy groups -OCH3 is 1. The molecule has 2 aromatic heterocycles. The van der Waals surface area contributed by atoms with E-state index in [1.165, 1.54) is 58.7 Å². The van der Waals surface area contributed by atoms with Crippen LogP contribution in [0.2, 0.25) is 0 Å². The fourth-order valence-electron chi connectivity index (χ4n) is 6.42. The molecule has 0 N–H and O–H groups in total. The van der Waals surface area contributed by atoms with E-state index in [0.717, 1.165) is 54.8 Å². The van der Waals surface area contributed by atoms with Crippen LogP contribution in [-0.4, -0.2) is 36.0 Å². The Morgan fingerprint density at radius 3 is 2.51 bits per heavy atom. The maximum atomic E-state index is 13.0. The summed E-state index contributed by atoms with van der Waals surface area (Å²) in [6, 6.07) is 10.4. The Hall–Kier alpha value is -3.41. The number of aryl methyl sites for hydroxylation is 3. The fraction of sp³-hybridized carbons (Fsp3) is 0.452. The van der Waals surface area contributed by atoms with Crippen molar-refractivity contribution in [3.63, 3.8) is 0 Å². The quantitative estimate of drug-likeness (QED) is 0.381. The van der Waals surface area contributed by atoms with Crippen LogP contribution in [0.15, 0.2) is 48.9 Å². The molecule has 1 aromatic carbocycles. The van der Waals surface area contributed by atoms with Gasteiger partial charge in [-0.05, 0) is 91.2 Å². The number of hydrogen-bond donors (Lipinski definition) is 0. The summed E-state index contributed by atoms with van der Waals surface area (Å²) in [5, 5.41) is 11.3. The van der Waals surface area contributed by atoms with Gasteiger partial charge < -0.3 is 14.8 Å². The van der Waals surface area contributed by atoms with Gasteiger partial charge >= 0.3 is 0 Å². The lowest BCUT2D eigenvalue weighted by molar-refractivity contribution is -0.605. The average molecular weight is 498 g/mol. The molecule has 1 saturated heterocycles. The van der Waals surface area contributed by atoms with Crippen LogP contribution >= 0.6 is 0 Å². The lowest BCUT2D eigenvalue weighted by atomic mass is 9.75. The van der Waals surface area contributed by atoms with Crippen LogP contribution < -0.4 is 9.47 Å². The van der Waals surface area contributed by atoms with Gasteiger partial charge in [0.2, 0.25) is 5.91 Å². The summed E-state index contributed by atoms with van der Waals surface area (Å²) >= 11 is 0. The Labute approximate surface area is 218 Å². The third-order valence-electron chi connectivity index (χ3n) is 8.52. The predicted octanol–water partition coefficient (Wildman–Crippen LogP) is 4.62. The summed E-state index contributed by atoms with van der Waals surface area (Å²) in [7, 11) is 1.78. The lowest BCUT2D eigenvalue weighted by Crippen LogP contribution is -2.41. The zero-order valence-corrected chi connectivity index (χ0v) is 21.8. The number of hydrogen-bond acceptors (Lipinski definition) is 4. The Kier molecular flexibility index (Phi) is 6.35. The van der Waals surface area contributed by atoms with Gasteiger partial charge in [-0.2, -0.15) is 4.73 Å². The molecule has 0 spiro atoms. The summed E-state index contributed by atoms with van der Waals surface area (Å²) in [5.41, 5.74) is 8.80. The first-order valence-corrected chi connectivity index (χ1v) is 13.6. The maximum Gasteiger partial charge on any atom is 0.226 e. The van der Waals surface area contributed by atoms with E-state index in [0.29, 0.717) is 18.3 Å². The molecular formula is C31H35N3O3. The normalized spacial score (nSPS) is 19.6. The van der Waals surface area contributed by atoms with E-state index in [-0.39, 0.29) is 11.8 Å². The van der Waals surface area contributed by atoms with Gasteiger partial charge in [0.15, 0.2) is 12.4 Å². The van der Waals surface area contributed by atoms with Gasteiger partial charge in [-0.3, -0.25) is 9.78 Å². The van der Waals surface area contributed by atoms with Gasteiger partial charge in [0, 0.05) is 42.9 Å². The highest BCUT2D eigenvalue weighted by atomic mass is 16.5. The van der Waals surface area contributed by atoms with Crippen molar-refractivity contribution in [3.8, 4) is 5.75 Å². The van der Waals surface area contributed by atoms with Gasteiger partial charge in [0.25, 0.3) is 0 Å². The molecule has 1 atom stereocenters. The number of likely N-dealkylation sites (tertiary alicyclic amines) is 1. The van der Waals surface area contributed by atoms with Crippen molar-refractivity contribution in [1.29, 1.82) is 0 Å². The SMILES string of the molecule is COc1cc(C)cc2c1C(C1CCN(C(=O)Cc3cc[n+]([O-])cc3)CC1)c1ncc(C3CC3)cc1CC2. The summed E-state index contributed by atoms with van der Waals surface area (Å²) in [5.74, 6) is 2.36. The topological polar surface area (TPSA) is 69.4 Å². The molecule has 3 heterocycles. The number of benzene rings is 1. The van der Waals surface area contributed by atoms with Crippen LogP contribution in [0.25, 0.3) is 0 Å². The van der Waals surface area contributed by atoms with Crippen LogP contribution in [0, 0.1) is 18.0 Å². The van der Waals surface area contributed by atoms with Crippen molar-refractivity contribution in [2.45, 2.75) is 63.7 Å². The minimum atomic E-state index is 0.129. The van der Waals surface area contributed by atoms with E-state index in [1.807, 2.05) is 4.90 Å². The zero-order valence-electron chi connectivity index (χ0n) is 21.8. The number of carbonyl (C=O) groups excluding carboxylic acids is 1. The molecular weight excluding hydrogens is 462 g/mol. The monoisotopic (exact) mass is 497 g/mol. The molecule has 3 aromatic rings. The first-order valence-electron chi connectivity index (χ1n) is 13.6. The minimum Gasteiger partial charge on any atom is -0.619 e. The second kappa shape index (κ2) is 9.81. The Bertz CT molecular complexity index is 1310. The van der Waals surface area contributed by atoms with Gasteiger partial charge in [-0.15, -0.1) is 0 Å². The van der Waals surface area contributed by atoms with Crippen molar-refractivity contribution in [2.75, 3.05) is 20.2 Å². The molecule has 37 heavy (non-hydrogen) atoms. The van der Waals surface area contributed by atoms with Crippen LogP contribution in [0.4, 0.5) is 0 Å². The number of ether oxygens (including phenoxy) is 1. The molecule has 192 valence electrons. The second-order valence-corrected chi connectivity index (χ2v) is 11.1. The van der Waals surface area contributed by atoms with E-state index in [9.17, 15) is 10.0 Å². The number of aromatic nitrogens is 2. The summed E-state index contributed by atoms with van der Waals surface area (Å²) in [6.45, 7) is 3.63. The van der Waals surface area contributed by atoms with E-state index in [1.54, 1.807) is 19.2 Å². The lowest BCUT2D eigenvalue weighted by Gasteiger charge is -2.37. The Morgan fingerprint density at radius 1 is 1.08 bits per heavy atom. The number of pyridine rings is 2. The molecule has 1 saturated carbocycles. The maximum absolute atomic E-state index is 13.0. The summed E-state index contributed by atoms with van der Waals surface area (Å²) in [6.07, 6.45) is 11.8. The molecule has 6 nitrogen and oxygen atoms in total. The fourth-order valence-corrected chi connectivity index (χ4v) is 6.42. The molecule has 6 heteroatoms. The minimum absolute atomic E-state index is 0.129. The number of amides is 1. The molecule has 6 rings (SSSR count). The Balaban J connectivity index is 1.28. The van der Waals surface area contributed by atoms with E-state index in [2.05, 4.69) is 31.3 Å². The molecule has 2 aliphatic carbocycles. The van der Waals surface area contributed by atoms with Crippen LogP contribution in [0.1, 0.15) is 76.6 Å². The van der Waals surface area contributed by atoms with Gasteiger partial charge in [-0.25, -0.2) is 0 Å². The molecule has 3 aliphatic rings. The predicted molar refractivity (Wildman–Crippen MR) is 142 cm³/mol. The highest BCUT2D eigenvalue weighted by Gasteiger charge is 2.37. The third-order valence-corrected chi connectivity index (χ3v) is 8.52. The average Bonchev–Trinajstić information content (AvgIpc) is 3.77.